The maximum Gasteiger partial charge on any atom is 0.507 e. The molecule has 12 N–H and O–H groups in total. The second kappa shape index (κ2) is 23.2. The van der Waals surface area contributed by atoms with Crippen LogP contribution in [0.25, 0.3) is 11.4 Å². The summed E-state index contributed by atoms with van der Waals surface area (Å²) in [5.41, 5.74) is 1.83. The molecule has 0 unspecified atom stereocenters. The first-order valence-electron chi connectivity index (χ1n) is 8.30. The lowest BCUT2D eigenvalue weighted by Gasteiger charge is -1.96. The lowest BCUT2D eigenvalue weighted by Crippen LogP contribution is -1.83. The van der Waals surface area contributed by atoms with Crippen molar-refractivity contribution < 1.29 is 111 Å². The minimum absolute atomic E-state index is 0.915. The van der Waals surface area contributed by atoms with Crippen molar-refractivity contribution in [2.24, 2.45) is 0 Å². The van der Waals surface area contributed by atoms with Gasteiger partial charge in [0, 0.05) is 12.4 Å². The van der Waals surface area contributed by atoms with Gasteiger partial charge in [-0.05, 0) is 24.3 Å². The summed E-state index contributed by atoms with van der Waals surface area (Å²) < 4.78 is 114. The summed E-state index contributed by atoms with van der Waals surface area (Å²) in [4.78, 5) is 92.0. The molecule has 0 saturated heterocycles. The summed E-state index contributed by atoms with van der Waals surface area (Å²) in [6, 6.07) is 11.6. The third-order valence-corrected chi connectivity index (χ3v) is 1.59. The molecule has 2 aromatic heterocycles. The Kier molecular flexibility index (Phi) is 27.8. The fraction of sp³-hybridized carbons (Fsp3) is 0. The van der Waals surface area contributed by atoms with Gasteiger partial charge in [0.1, 0.15) is 0 Å². The predicted octanol–water partition coefficient (Wildman–Crippen LogP) is 2.44. The van der Waals surface area contributed by atoms with E-state index in [0.717, 1.165) is 11.4 Å². The zero-order valence-electron chi connectivity index (χ0n) is 19.3. The monoisotopic (exact) mass is 756 g/mol. The van der Waals surface area contributed by atoms with E-state index in [1.807, 2.05) is 36.4 Å². The van der Waals surface area contributed by atoms with E-state index in [-0.39, 0.29) is 0 Å². The standard InChI is InChI=1S/C10H8N2.6FH2O3P/c1-3-7-11-9(5-1)10-6-2-4-8-12-10;6*1-5(2,3)4/h1-8H;6*(H2,2,3,4). The highest BCUT2D eigenvalue weighted by atomic mass is 31.2. The molecule has 0 radical (unpaired) electrons. The molecule has 32 heteroatoms. The Balaban J connectivity index is -0.000000133. The van der Waals surface area contributed by atoms with Crippen LogP contribution in [0.15, 0.2) is 48.8 Å². The summed E-state index contributed by atoms with van der Waals surface area (Å²) >= 11 is 0. The second-order valence-electron chi connectivity index (χ2n) is 5.27. The van der Waals surface area contributed by atoms with Crippen molar-refractivity contribution in [2.45, 2.75) is 0 Å². The predicted molar refractivity (Wildman–Crippen MR) is 126 cm³/mol. The molecular weight excluding hydrogens is 736 g/mol. The van der Waals surface area contributed by atoms with Gasteiger partial charge in [-0.3, -0.25) is 68.7 Å². The van der Waals surface area contributed by atoms with Crippen LogP contribution in [-0.4, -0.2) is 68.7 Å². The highest BCUT2D eigenvalue weighted by Crippen LogP contribution is 2.37. The van der Waals surface area contributed by atoms with Gasteiger partial charge in [0.15, 0.2) is 0 Å². The topological polar surface area (TPSA) is 371 Å². The Hall–Kier alpha value is -1.22. The Morgan fingerprint density at radius 3 is 0.619 bits per heavy atom. The van der Waals surface area contributed by atoms with Gasteiger partial charge in [-0.2, -0.15) is 0 Å². The summed E-state index contributed by atoms with van der Waals surface area (Å²) in [7, 11) is -30.8. The van der Waals surface area contributed by atoms with Crippen LogP contribution in [0.1, 0.15) is 0 Å². The SMILES string of the molecule is O=P(O)(O)F.O=P(O)(O)F.O=P(O)(O)F.O=P(O)(O)F.O=P(O)(O)F.O=P(O)(O)F.c1ccc(-c2ccccn2)nc1. The lowest BCUT2D eigenvalue weighted by molar-refractivity contribution is 0.320. The first-order chi connectivity index (χ1) is 18.0. The third kappa shape index (κ3) is 157. The van der Waals surface area contributed by atoms with Crippen molar-refractivity contribution in [3.05, 3.63) is 48.8 Å². The van der Waals surface area contributed by atoms with Crippen molar-refractivity contribution in [2.75, 3.05) is 0 Å². The molecule has 0 aromatic carbocycles. The number of pyridine rings is 2. The quantitative estimate of drug-likeness (QED) is 0.147. The van der Waals surface area contributed by atoms with E-state index in [1.54, 1.807) is 12.4 Å². The lowest BCUT2D eigenvalue weighted by atomic mass is 10.2. The molecule has 0 aliphatic rings. The van der Waals surface area contributed by atoms with E-state index in [4.69, 9.17) is 86.1 Å². The van der Waals surface area contributed by atoms with Crippen molar-refractivity contribution in [1.82, 2.24) is 9.97 Å². The zero-order valence-corrected chi connectivity index (χ0v) is 24.6. The smallest absolute Gasteiger partial charge is 0.299 e. The molecule has 0 amide bonds. The molecule has 0 atom stereocenters. The van der Waals surface area contributed by atoms with Gasteiger partial charge in [-0.25, -0.2) is 27.4 Å². The molecule has 0 bridgehead atoms. The van der Waals surface area contributed by atoms with Crippen LogP contribution in [0.2, 0.25) is 0 Å². The van der Waals surface area contributed by atoms with Gasteiger partial charge in [0.05, 0.1) is 11.4 Å². The van der Waals surface area contributed by atoms with E-state index < -0.39 is 47.4 Å². The van der Waals surface area contributed by atoms with Crippen molar-refractivity contribution in [3.63, 3.8) is 0 Å². The van der Waals surface area contributed by atoms with Crippen LogP contribution in [0, 0.1) is 0 Å². The van der Waals surface area contributed by atoms with Gasteiger partial charge in [0.25, 0.3) is 0 Å². The van der Waals surface area contributed by atoms with Crippen LogP contribution in [0.3, 0.4) is 0 Å². The normalized spacial score (nSPS) is 11.2. The number of nitrogens with zero attached hydrogens (tertiary/aromatic N) is 2. The summed E-state index contributed by atoms with van der Waals surface area (Å²) in [6.07, 6.45) is 3.54. The molecule has 0 spiro atoms. The first-order valence-corrected chi connectivity index (χ1v) is 17.3. The van der Waals surface area contributed by atoms with Crippen molar-refractivity contribution >= 4 is 47.4 Å². The minimum Gasteiger partial charge on any atom is -0.299 e. The highest BCUT2D eigenvalue weighted by Gasteiger charge is 2.07. The van der Waals surface area contributed by atoms with Gasteiger partial charge in [0.2, 0.25) is 0 Å². The molecule has 42 heavy (non-hydrogen) atoms. The van der Waals surface area contributed by atoms with Crippen LogP contribution < -0.4 is 0 Å². The number of halogens is 6. The van der Waals surface area contributed by atoms with Gasteiger partial charge in [-0.15, -0.1) is 25.2 Å². The van der Waals surface area contributed by atoms with Gasteiger partial charge >= 0.3 is 47.4 Å². The minimum atomic E-state index is -5.14. The van der Waals surface area contributed by atoms with Gasteiger partial charge in [-0.1, -0.05) is 12.1 Å². The molecule has 2 aromatic rings. The summed E-state index contributed by atoms with van der Waals surface area (Å²) in [5.74, 6) is 0. The van der Waals surface area contributed by atoms with Crippen molar-refractivity contribution in [1.29, 1.82) is 0 Å². The number of hydrogen-bond donors (Lipinski definition) is 12. The maximum absolute atomic E-state index is 10.4. The van der Waals surface area contributed by atoms with Crippen LogP contribution >= 0.6 is 47.4 Å². The van der Waals surface area contributed by atoms with Crippen LogP contribution in [0.5, 0.6) is 0 Å². The van der Waals surface area contributed by atoms with Crippen LogP contribution in [-0.2, 0) is 27.4 Å². The zero-order chi connectivity index (χ0) is 35.2. The molecule has 0 fully saturated rings. The van der Waals surface area contributed by atoms with Gasteiger partial charge < -0.3 is 0 Å². The molecule has 0 saturated carbocycles. The fourth-order valence-electron chi connectivity index (χ4n) is 1.03. The molecule has 250 valence electrons. The van der Waals surface area contributed by atoms with E-state index in [9.17, 15) is 25.2 Å². The number of rotatable bonds is 1. The largest absolute Gasteiger partial charge is 0.507 e. The average molecular weight is 756 g/mol. The summed E-state index contributed by atoms with van der Waals surface area (Å²) in [6.45, 7) is 0. The van der Waals surface area contributed by atoms with Crippen LogP contribution in [0.4, 0.5) is 25.2 Å². The van der Waals surface area contributed by atoms with E-state index in [2.05, 4.69) is 9.97 Å². The number of hydrogen-bond acceptors (Lipinski definition) is 8. The number of aromatic nitrogens is 2. The molecular formula is C10H20F6N2O18P6. The van der Waals surface area contributed by atoms with E-state index in [1.165, 1.54) is 0 Å². The van der Waals surface area contributed by atoms with E-state index >= 15 is 0 Å². The third-order valence-electron chi connectivity index (χ3n) is 1.59. The fourth-order valence-corrected chi connectivity index (χ4v) is 1.03. The van der Waals surface area contributed by atoms with E-state index in [0.29, 0.717) is 0 Å². The maximum atomic E-state index is 10.4. The first kappa shape index (κ1) is 50.4. The Bertz CT molecular complexity index is 1000. The molecule has 2 rings (SSSR count). The van der Waals surface area contributed by atoms with Crippen molar-refractivity contribution in [3.8, 4) is 11.4 Å². The Labute approximate surface area is 229 Å². The Morgan fingerprint density at radius 2 is 0.524 bits per heavy atom. The molecule has 20 nitrogen and oxygen atoms in total. The summed E-state index contributed by atoms with van der Waals surface area (Å²) in [5, 5.41) is 0. The second-order valence-corrected chi connectivity index (χ2v) is 10.9. The highest BCUT2D eigenvalue weighted by molar-refractivity contribution is 7.46. The average Bonchev–Trinajstić information content (AvgIpc) is 2.61. The molecule has 0 aliphatic carbocycles. The molecule has 0 aliphatic heterocycles. The Morgan fingerprint density at radius 1 is 0.381 bits per heavy atom. The molecule has 2 heterocycles.